The summed E-state index contributed by atoms with van der Waals surface area (Å²) in [5.41, 5.74) is 0.263. The molecular formula is C37H59FNO7P. The van der Waals surface area contributed by atoms with E-state index in [1.807, 2.05) is 0 Å². The van der Waals surface area contributed by atoms with Gasteiger partial charge in [0, 0.05) is 0 Å². The maximum Gasteiger partial charge on any atom is 0.459 e. The van der Waals surface area contributed by atoms with Gasteiger partial charge in [0.1, 0.15) is 17.6 Å². The highest BCUT2D eigenvalue weighted by Crippen LogP contribution is 2.69. The molecule has 0 amide bonds. The molecule has 4 aliphatic carbocycles. The third-order valence-electron chi connectivity index (χ3n) is 13.1. The van der Waals surface area contributed by atoms with Gasteiger partial charge in [0.15, 0.2) is 0 Å². The minimum Gasteiger partial charge on any atom is -0.462 e. The molecule has 1 aromatic carbocycles. The number of hydrogen-bond donors (Lipinski definition) is 3. The van der Waals surface area contributed by atoms with Crippen molar-refractivity contribution in [1.82, 2.24) is 5.09 Å². The number of esters is 1. The minimum absolute atomic E-state index is 0.0961. The molecule has 4 fully saturated rings. The number of benzene rings is 1. The quantitative estimate of drug-likeness (QED) is 0.151. The summed E-state index contributed by atoms with van der Waals surface area (Å²) in [4.78, 5) is 12.5. The van der Waals surface area contributed by atoms with Crippen LogP contribution in [0.15, 0.2) is 24.3 Å². The van der Waals surface area contributed by atoms with E-state index in [1.54, 1.807) is 20.8 Å². The number of carbonyl (C=O) groups excluding carboxylic acids is 1. The van der Waals surface area contributed by atoms with Crippen LogP contribution in [0.3, 0.4) is 0 Å². The first-order valence-electron chi connectivity index (χ1n) is 18.2. The SMILES string of the molecule is CC[C@H]1C(O)C2C(CC[C@@]3(C)C2CC[C@@H]3[C@H](C)CCO[P@@](=O)(N[C@@H](C)C(=O)OC(C)C)Oc2ccc(F)cc2)[C@@]2(C)CC[C@@H](O)CC12. The van der Waals surface area contributed by atoms with Gasteiger partial charge in [0.2, 0.25) is 0 Å². The molecule has 4 aliphatic rings. The summed E-state index contributed by atoms with van der Waals surface area (Å²) >= 11 is 0. The molecule has 8 nitrogen and oxygen atoms in total. The maximum absolute atomic E-state index is 14.0. The zero-order valence-electron chi connectivity index (χ0n) is 29.5. The highest BCUT2D eigenvalue weighted by Gasteiger charge is 2.64. The number of aliphatic hydroxyl groups excluding tert-OH is 2. The topological polar surface area (TPSA) is 114 Å². The van der Waals surface area contributed by atoms with Crippen LogP contribution in [-0.2, 0) is 18.6 Å². The molecular weight excluding hydrogens is 620 g/mol. The fourth-order valence-electron chi connectivity index (χ4n) is 10.8. The second-order valence-corrected chi connectivity index (χ2v) is 17.8. The van der Waals surface area contributed by atoms with Crippen molar-refractivity contribution in [3.63, 3.8) is 0 Å². The van der Waals surface area contributed by atoms with E-state index in [1.165, 1.54) is 24.3 Å². The zero-order valence-corrected chi connectivity index (χ0v) is 30.4. The number of ether oxygens (including phenoxy) is 1. The lowest BCUT2D eigenvalue weighted by molar-refractivity contribution is -0.203. The fraction of sp³-hybridized carbons (Fsp3) is 0.811. The molecule has 1 aromatic rings. The summed E-state index contributed by atoms with van der Waals surface area (Å²) in [5.74, 6) is 1.69. The lowest BCUT2D eigenvalue weighted by Crippen LogP contribution is -2.62. The molecule has 266 valence electrons. The molecule has 5 rings (SSSR count). The average Bonchev–Trinajstić information content (AvgIpc) is 3.36. The number of aliphatic hydroxyl groups is 2. The minimum atomic E-state index is -4.03. The molecule has 4 saturated carbocycles. The van der Waals surface area contributed by atoms with E-state index in [2.05, 4.69) is 32.8 Å². The van der Waals surface area contributed by atoms with Crippen LogP contribution in [0, 0.1) is 58.1 Å². The Labute approximate surface area is 281 Å². The van der Waals surface area contributed by atoms with Gasteiger partial charge in [-0.2, -0.15) is 5.09 Å². The number of rotatable bonds is 12. The van der Waals surface area contributed by atoms with Gasteiger partial charge in [-0.15, -0.1) is 0 Å². The number of halogens is 1. The number of nitrogens with one attached hydrogen (secondary N) is 1. The Bertz CT molecular complexity index is 1280. The Balaban J connectivity index is 1.27. The lowest BCUT2D eigenvalue weighted by Gasteiger charge is -2.64. The molecule has 10 heteroatoms. The molecule has 0 heterocycles. The number of fused-ring (bicyclic) bond motifs is 5. The van der Waals surface area contributed by atoms with Crippen LogP contribution < -0.4 is 9.61 Å². The average molecular weight is 680 g/mol. The van der Waals surface area contributed by atoms with Crippen molar-refractivity contribution < 1.29 is 37.7 Å². The van der Waals surface area contributed by atoms with Gasteiger partial charge >= 0.3 is 13.7 Å². The highest BCUT2D eigenvalue weighted by molar-refractivity contribution is 7.52. The number of carbonyl (C=O) groups is 1. The smallest absolute Gasteiger partial charge is 0.459 e. The van der Waals surface area contributed by atoms with E-state index in [9.17, 15) is 24.0 Å². The van der Waals surface area contributed by atoms with Crippen LogP contribution in [0.4, 0.5) is 4.39 Å². The van der Waals surface area contributed by atoms with Crippen molar-refractivity contribution in [2.24, 2.45) is 52.3 Å². The summed E-state index contributed by atoms with van der Waals surface area (Å²) in [6, 6.07) is 4.24. The summed E-state index contributed by atoms with van der Waals surface area (Å²) in [6.45, 7) is 14.6. The predicted octanol–water partition coefficient (Wildman–Crippen LogP) is 7.91. The van der Waals surface area contributed by atoms with E-state index < -0.39 is 25.6 Å². The summed E-state index contributed by atoms with van der Waals surface area (Å²) < 4.78 is 44.5. The molecule has 0 aromatic heterocycles. The van der Waals surface area contributed by atoms with E-state index in [-0.39, 0.29) is 59.3 Å². The van der Waals surface area contributed by atoms with Crippen LogP contribution in [-0.4, -0.2) is 47.1 Å². The first kappa shape index (κ1) is 36.8. The van der Waals surface area contributed by atoms with Crippen molar-refractivity contribution >= 4 is 13.7 Å². The molecule has 47 heavy (non-hydrogen) atoms. The third kappa shape index (κ3) is 7.36. The van der Waals surface area contributed by atoms with E-state index >= 15 is 0 Å². The van der Waals surface area contributed by atoms with E-state index in [0.717, 1.165) is 51.4 Å². The maximum atomic E-state index is 14.0. The van der Waals surface area contributed by atoms with Gasteiger partial charge in [0.25, 0.3) is 0 Å². The molecule has 0 bridgehead atoms. The Kier molecular flexibility index (Phi) is 11.2. The largest absolute Gasteiger partial charge is 0.462 e. The Hall–Kier alpha value is -1.51. The Morgan fingerprint density at radius 3 is 2.32 bits per heavy atom. The zero-order chi connectivity index (χ0) is 34.3. The highest BCUT2D eigenvalue weighted by atomic mass is 31.2. The van der Waals surface area contributed by atoms with Crippen molar-refractivity contribution in [2.75, 3.05) is 6.61 Å². The standard InChI is InChI=1S/C37H59FNO7P/c1-8-28-32-21-26(40)15-18-37(32,7)31-16-19-36(6)29(13-14-30(36)33(31)34(28)41)23(4)17-20-44-47(43,39-24(5)35(42)45-22(2)3)46-27-11-9-25(38)10-12-27/h9-12,22-24,26,28-34,40-41H,8,13-21H2,1-7H3,(H,39,43)/t23-,24+,26-,28-,29-,30?,31?,32?,33?,34?,36-,37-,47+/m1/s1. The lowest BCUT2D eigenvalue weighted by atomic mass is 9.41. The fourth-order valence-corrected chi connectivity index (χ4v) is 12.3. The Morgan fingerprint density at radius 1 is 1.00 bits per heavy atom. The molecule has 5 unspecified atom stereocenters. The normalized spacial score (nSPS) is 39.2. The summed E-state index contributed by atoms with van der Waals surface area (Å²) in [5, 5.41) is 25.3. The third-order valence-corrected chi connectivity index (χ3v) is 14.8. The van der Waals surface area contributed by atoms with Gasteiger partial charge < -0.3 is 19.5 Å². The molecule has 0 saturated heterocycles. The molecule has 0 aliphatic heterocycles. The summed E-state index contributed by atoms with van der Waals surface area (Å²) in [6.07, 6.45) is 7.86. The van der Waals surface area contributed by atoms with Gasteiger partial charge in [-0.05, 0) is 149 Å². The molecule has 0 spiro atoms. The molecule has 3 N–H and O–H groups in total. The van der Waals surface area contributed by atoms with Gasteiger partial charge in [-0.3, -0.25) is 9.32 Å². The van der Waals surface area contributed by atoms with Crippen molar-refractivity contribution in [3.8, 4) is 5.75 Å². The van der Waals surface area contributed by atoms with Gasteiger partial charge in [0.05, 0.1) is 24.9 Å². The van der Waals surface area contributed by atoms with Gasteiger partial charge in [-0.25, -0.2) is 8.96 Å². The van der Waals surface area contributed by atoms with Crippen LogP contribution in [0.1, 0.15) is 106 Å². The monoisotopic (exact) mass is 679 g/mol. The first-order valence-corrected chi connectivity index (χ1v) is 19.7. The summed E-state index contributed by atoms with van der Waals surface area (Å²) in [7, 11) is -4.03. The van der Waals surface area contributed by atoms with E-state index in [4.69, 9.17) is 13.8 Å². The van der Waals surface area contributed by atoms with Crippen molar-refractivity contribution in [2.45, 2.75) is 131 Å². The molecule has 13 atom stereocenters. The second kappa shape index (κ2) is 14.4. The van der Waals surface area contributed by atoms with Crippen molar-refractivity contribution in [1.29, 1.82) is 0 Å². The van der Waals surface area contributed by atoms with Gasteiger partial charge in [-0.1, -0.05) is 34.1 Å². The van der Waals surface area contributed by atoms with Crippen molar-refractivity contribution in [3.05, 3.63) is 30.1 Å². The second-order valence-electron chi connectivity index (χ2n) is 16.1. The van der Waals surface area contributed by atoms with Crippen LogP contribution in [0.25, 0.3) is 0 Å². The van der Waals surface area contributed by atoms with E-state index in [0.29, 0.717) is 30.1 Å². The number of hydrogen-bond acceptors (Lipinski definition) is 7. The van der Waals surface area contributed by atoms with Crippen LogP contribution in [0.2, 0.25) is 0 Å². The van der Waals surface area contributed by atoms with Crippen LogP contribution in [0.5, 0.6) is 5.75 Å². The predicted molar refractivity (Wildman–Crippen MR) is 180 cm³/mol. The molecule has 0 radical (unpaired) electrons. The Morgan fingerprint density at radius 2 is 1.66 bits per heavy atom. The van der Waals surface area contributed by atoms with Crippen LogP contribution >= 0.6 is 7.75 Å². The first-order chi connectivity index (χ1) is 22.1.